The van der Waals surface area contributed by atoms with Gasteiger partial charge in [-0.15, -0.1) is 0 Å². The van der Waals surface area contributed by atoms with Crippen LogP contribution in [0.25, 0.3) is 0 Å². The molecular weight excluding hydrogens is 209 g/mol. The number of carboxylic acid groups (broad SMARTS) is 1. The molecule has 0 unspecified atom stereocenters. The smallest absolute Gasteiger partial charge is 0.305 e. The van der Waals surface area contributed by atoms with Crippen molar-refractivity contribution in [2.75, 3.05) is 11.4 Å². The summed E-state index contributed by atoms with van der Waals surface area (Å²) in [5.41, 5.74) is 0.457. The number of hydrogen-bond acceptors (Lipinski definition) is 2. The van der Waals surface area contributed by atoms with Crippen LogP contribution >= 0.6 is 0 Å². The van der Waals surface area contributed by atoms with Gasteiger partial charge in [-0.3, -0.25) is 4.79 Å². The summed E-state index contributed by atoms with van der Waals surface area (Å²) >= 11 is 0. The Bertz CT molecular complexity index is 366. The third-order valence-electron chi connectivity index (χ3n) is 2.35. The highest BCUT2D eigenvalue weighted by Gasteiger charge is 2.15. The minimum absolute atomic E-state index is 0.00646. The topological polar surface area (TPSA) is 40.5 Å². The Balaban J connectivity index is 2.85. The van der Waals surface area contributed by atoms with E-state index in [4.69, 9.17) is 5.11 Å². The first-order valence-electron chi connectivity index (χ1n) is 5.25. The maximum absolute atomic E-state index is 13.5. The molecule has 1 aromatic rings. The predicted octanol–water partition coefficient (Wildman–Crippen LogP) is 2.52. The summed E-state index contributed by atoms with van der Waals surface area (Å²) < 4.78 is 13.5. The normalized spacial score (nSPS) is 10.5. The molecule has 0 aliphatic rings. The van der Waals surface area contributed by atoms with Crippen LogP contribution in [0.3, 0.4) is 0 Å². The first-order valence-corrected chi connectivity index (χ1v) is 5.25. The lowest BCUT2D eigenvalue weighted by atomic mass is 10.2. The second-order valence-corrected chi connectivity index (χ2v) is 3.88. The number of benzene rings is 1. The maximum atomic E-state index is 13.5. The largest absolute Gasteiger partial charge is 0.481 e. The molecule has 0 fully saturated rings. The molecule has 0 saturated carbocycles. The quantitative estimate of drug-likeness (QED) is 0.837. The van der Waals surface area contributed by atoms with Gasteiger partial charge in [0.25, 0.3) is 0 Å². The summed E-state index contributed by atoms with van der Waals surface area (Å²) in [6, 6.07) is 6.47. The van der Waals surface area contributed by atoms with E-state index in [0.717, 1.165) is 0 Å². The Morgan fingerprint density at radius 3 is 2.56 bits per heavy atom. The van der Waals surface area contributed by atoms with Crippen LogP contribution in [0.15, 0.2) is 24.3 Å². The van der Waals surface area contributed by atoms with Crippen LogP contribution < -0.4 is 4.90 Å². The van der Waals surface area contributed by atoms with Crippen molar-refractivity contribution in [1.82, 2.24) is 0 Å². The van der Waals surface area contributed by atoms with Gasteiger partial charge in [0.1, 0.15) is 5.82 Å². The fourth-order valence-corrected chi connectivity index (χ4v) is 1.56. The van der Waals surface area contributed by atoms with Crippen LogP contribution in [0, 0.1) is 5.82 Å². The van der Waals surface area contributed by atoms with E-state index in [1.807, 2.05) is 13.8 Å². The molecule has 0 bridgehead atoms. The summed E-state index contributed by atoms with van der Waals surface area (Å²) in [5.74, 6) is -1.19. The minimum Gasteiger partial charge on any atom is -0.481 e. The zero-order valence-corrected chi connectivity index (χ0v) is 9.48. The molecule has 1 aromatic carbocycles. The maximum Gasteiger partial charge on any atom is 0.305 e. The first-order chi connectivity index (χ1) is 7.52. The van der Waals surface area contributed by atoms with E-state index < -0.39 is 5.97 Å². The molecule has 1 rings (SSSR count). The molecule has 0 aliphatic carbocycles. The van der Waals surface area contributed by atoms with Crippen molar-refractivity contribution in [3.8, 4) is 0 Å². The van der Waals surface area contributed by atoms with Gasteiger partial charge in [0.2, 0.25) is 0 Å². The third-order valence-corrected chi connectivity index (χ3v) is 2.35. The van der Waals surface area contributed by atoms with E-state index >= 15 is 0 Å². The van der Waals surface area contributed by atoms with Gasteiger partial charge < -0.3 is 10.0 Å². The molecule has 0 saturated heterocycles. The zero-order valence-electron chi connectivity index (χ0n) is 9.48. The summed E-state index contributed by atoms with van der Waals surface area (Å²) in [6.45, 7) is 4.14. The van der Waals surface area contributed by atoms with Crippen LogP contribution in [-0.4, -0.2) is 23.7 Å². The Kier molecular flexibility index (Phi) is 4.28. The van der Waals surface area contributed by atoms with E-state index in [-0.39, 0.29) is 18.3 Å². The second kappa shape index (κ2) is 5.49. The molecule has 0 heterocycles. The molecule has 0 spiro atoms. The monoisotopic (exact) mass is 225 g/mol. The lowest BCUT2D eigenvalue weighted by Gasteiger charge is -2.28. The fraction of sp³-hybridized carbons (Fsp3) is 0.417. The lowest BCUT2D eigenvalue weighted by Crippen LogP contribution is -2.33. The Labute approximate surface area is 94.5 Å². The molecular formula is C12H16FNO2. The molecule has 1 N–H and O–H groups in total. The number of aliphatic carboxylic acids is 1. The molecule has 0 atom stereocenters. The van der Waals surface area contributed by atoms with Crippen molar-refractivity contribution in [1.29, 1.82) is 0 Å². The molecule has 16 heavy (non-hydrogen) atoms. The van der Waals surface area contributed by atoms with Gasteiger partial charge in [0, 0.05) is 12.6 Å². The van der Waals surface area contributed by atoms with Crippen molar-refractivity contribution < 1.29 is 14.3 Å². The summed E-state index contributed by atoms with van der Waals surface area (Å²) in [5, 5.41) is 8.64. The fourth-order valence-electron chi connectivity index (χ4n) is 1.56. The minimum atomic E-state index is -0.873. The SMILES string of the molecule is CC(C)N(CCC(=O)O)c1ccccc1F. The van der Waals surface area contributed by atoms with Gasteiger partial charge in [-0.1, -0.05) is 12.1 Å². The first kappa shape index (κ1) is 12.5. The molecule has 0 aliphatic heterocycles. The average Bonchev–Trinajstić information content (AvgIpc) is 2.20. The molecule has 0 radical (unpaired) electrons. The lowest BCUT2D eigenvalue weighted by molar-refractivity contribution is -0.136. The van der Waals surface area contributed by atoms with E-state index in [2.05, 4.69) is 0 Å². The van der Waals surface area contributed by atoms with Crippen molar-refractivity contribution in [2.45, 2.75) is 26.3 Å². The van der Waals surface area contributed by atoms with Crippen molar-refractivity contribution in [3.63, 3.8) is 0 Å². The number of nitrogens with zero attached hydrogens (tertiary/aromatic N) is 1. The van der Waals surface area contributed by atoms with Gasteiger partial charge in [-0.25, -0.2) is 4.39 Å². The van der Waals surface area contributed by atoms with Crippen LogP contribution in [0.5, 0.6) is 0 Å². The van der Waals surface area contributed by atoms with Crippen LogP contribution in [0.4, 0.5) is 10.1 Å². The van der Waals surface area contributed by atoms with Crippen molar-refractivity contribution >= 4 is 11.7 Å². The average molecular weight is 225 g/mol. The Morgan fingerprint density at radius 2 is 2.06 bits per heavy atom. The molecule has 4 heteroatoms. The number of rotatable bonds is 5. The van der Waals surface area contributed by atoms with Gasteiger partial charge in [-0.05, 0) is 26.0 Å². The van der Waals surface area contributed by atoms with Crippen LogP contribution in [0.2, 0.25) is 0 Å². The van der Waals surface area contributed by atoms with E-state index in [1.165, 1.54) is 6.07 Å². The van der Waals surface area contributed by atoms with Crippen molar-refractivity contribution in [2.24, 2.45) is 0 Å². The number of carboxylic acids is 1. The molecule has 3 nitrogen and oxygen atoms in total. The molecule has 88 valence electrons. The number of halogens is 1. The second-order valence-electron chi connectivity index (χ2n) is 3.88. The van der Waals surface area contributed by atoms with Crippen molar-refractivity contribution in [3.05, 3.63) is 30.1 Å². The van der Waals surface area contributed by atoms with Crippen LogP contribution in [-0.2, 0) is 4.79 Å². The number of anilines is 1. The highest BCUT2D eigenvalue weighted by atomic mass is 19.1. The van der Waals surface area contributed by atoms with E-state index in [9.17, 15) is 9.18 Å². The van der Waals surface area contributed by atoms with Gasteiger partial charge >= 0.3 is 5.97 Å². The molecule has 0 aromatic heterocycles. The Hall–Kier alpha value is -1.58. The Morgan fingerprint density at radius 1 is 1.44 bits per heavy atom. The molecule has 0 amide bonds. The highest BCUT2D eigenvalue weighted by molar-refractivity contribution is 5.67. The number of hydrogen-bond donors (Lipinski definition) is 1. The highest BCUT2D eigenvalue weighted by Crippen LogP contribution is 2.21. The van der Waals surface area contributed by atoms with Crippen LogP contribution in [0.1, 0.15) is 20.3 Å². The van der Waals surface area contributed by atoms with Gasteiger partial charge in [0.15, 0.2) is 0 Å². The zero-order chi connectivity index (χ0) is 12.1. The number of para-hydroxylation sites is 1. The summed E-state index contributed by atoms with van der Waals surface area (Å²) in [7, 11) is 0. The summed E-state index contributed by atoms with van der Waals surface area (Å²) in [6.07, 6.45) is 0.00646. The standard InChI is InChI=1S/C12H16FNO2/c1-9(2)14(8-7-12(15)16)11-6-4-3-5-10(11)13/h3-6,9H,7-8H2,1-2H3,(H,15,16). The van der Waals surface area contributed by atoms with Gasteiger partial charge in [-0.2, -0.15) is 0 Å². The van der Waals surface area contributed by atoms with E-state index in [0.29, 0.717) is 12.2 Å². The number of carbonyl (C=O) groups is 1. The van der Waals surface area contributed by atoms with E-state index in [1.54, 1.807) is 23.1 Å². The predicted molar refractivity (Wildman–Crippen MR) is 61.1 cm³/mol. The van der Waals surface area contributed by atoms with Gasteiger partial charge in [0.05, 0.1) is 12.1 Å². The summed E-state index contributed by atoms with van der Waals surface area (Å²) in [4.78, 5) is 12.3. The third kappa shape index (κ3) is 3.22.